The zero-order chi connectivity index (χ0) is 17.9. The minimum Gasteiger partial charge on any atom is -0.484 e. The van der Waals surface area contributed by atoms with Crippen LogP contribution in [-0.2, 0) is 4.79 Å². The average molecular weight is 354 g/mol. The Kier molecular flexibility index (Phi) is 5.94. The number of urea groups is 1. The molecule has 0 atom stereocenters. The highest BCUT2D eigenvalue weighted by Gasteiger charge is 2.25. The van der Waals surface area contributed by atoms with E-state index in [1.54, 1.807) is 28.8 Å². The topological polar surface area (TPSA) is 53.1 Å². The van der Waals surface area contributed by atoms with Crippen molar-refractivity contribution < 1.29 is 14.3 Å². The van der Waals surface area contributed by atoms with E-state index in [-0.39, 0.29) is 18.5 Å². The number of amides is 3. The molecule has 1 aliphatic heterocycles. The van der Waals surface area contributed by atoms with Crippen molar-refractivity contribution in [1.82, 2.24) is 14.7 Å². The molecule has 1 aromatic carbocycles. The number of hydrogen-bond donors (Lipinski definition) is 0. The molecule has 0 bridgehead atoms. The van der Waals surface area contributed by atoms with Gasteiger partial charge in [-0.25, -0.2) is 4.79 Å². The molecule has 1 aliphatic rings. The number of rotatable bonds is 3. The van der Waals surface area contributed by atoms with Crippen LogP contribution in [0.1, 0.15) is 11.1 Å². The lowest BCUT2D eigenvalue weighted by atomic mass is 10.1. The predicted octanol–water partition coefficient (Wildman–Crippen LogP) is 2.16. The smallest absolute Gasteiger partial charge is 0.319 e. The van der Waals surface area contributed by atoms with Crippen LogP contribution in [0.3, 0.4) is 0 Å². The second-order valence-corrected chi connectivity index (χ2v) is 6.58. The van der Waals surface area contributed by atoms with Gasteiger partial charge < -0.3 is 19.4 Å². The largest absolute Gasteiger partial charge is 0.484 e. The fraction of sp³-hybridized carbons (Fsp3) is 0.529. The van der Waals surface area contributed by atoms with Crippen LogP contribution in [0.5, 0.6) is 5.75 Å². The normalized spacial score (nSPS) is 14.5. The minimum atomic E-state index is -0.0720. The van der Waals surface area contributed by atoms with Crippen LogP contribution < -0.4 is 4.74 Å². The molecule has 0 unspecified atom stereocenters. The monoisotopic (exact) mass is 353 g/mol. The summed E-state index contributed by atoms with van der Waals surface area (Å²) in [6, 6.07) is 3.64. The lowest BCUT2D eigenvalue weighted by Crippen LogP contribution is -2.53. The summed E-state index contributed by atoms with van der Waals surface area (Å²) in [6.07, 6.45) is 0. The van der Waals surface area contributed by atoms with Crippen molar-refractivity contribution in [1.29, 1.82) is 0 Å². The van der Waals surface area contributed by atoms with Crippen molar-refractivity contribution in [3.63, 3.8) is 0 Å². The molecule has 1 aromatic rings. The van der Waals surface area contributed by atoms with Gasteiger partial charge >= 0.3 is 6.03 Å². The zero-order valence-corrected chi connectivity index (χ0v) is 15.4. The fourth-order valence-electron chi connectivity index (χ4n) is 2.66. The molecule has 7 heteroatoms. The number of carbonyl (C=O) groups excluding carboxylic acids is 2. The lowest BCUT2D eigenvalue weighted by molar-refractivity contribution is -0.134. The van der Waals surface area contributed by atoms with Gasteiger partial charge in [0.25, 0.3) is 5.91 Å². The minimum absolute atomic E-state index is 0.0118. The first-order chi connectivity index (χ1) is 11.3. The Morgan fingerprint density at radius 2 is 1.58 bits per heavy atom. The van der Waals surface area contributed by atoms with Gasteiger partial charge in [-0.05, 0) is 37.1 Å². The third kappa shape index (κ3) is 4.32. The number of benzene rings is 1. The molecule has 0 spiro atoms. The van der Waals surface area contributed by atoms with Crippen molar-refractivity contribution in [3.8, 4) is 5.75 Å². The van der Waals surface area contributed by atoms with E-state index in [4.69, 9.17) is 16.3 Å². The Labute approximate surface area is 147 Å². The third-order valence-corrected chi connectivity index (χ3v) is 4.65. The first-order valence-corrected chi connectivity index (χ1v) is 8.31. The number of ether oxygens (including phenoxy) is 1. The summed E-state index contributed by atoms with van der Waals surface area (Å²) in [7, 11) is 3.45. The number of piperazine rings is 1. The summed E-state index contributed by atoms with van der Waals surface area (Å²) >= 11 is 6.13. The van der Waals surface area contributed by atoms with E-state index in [9.17, 15) is 9.59 Å². The van der Waals surface area contributed by atoms with E-state index in [0.717, 1.165) is 16.1 Å². The molecule has 24 heavy (non-hydrogen) atoms. The maximum absolute atomic E-state index is 12.3. The maximum atomic E-state index is 12.3. The summed E-state index contributed by atoms with van der Waals surface area (Å²) in [5, 5.41) is 0.718. The molecule has 132 valence electrons. The van der Waals surface area contributed by atoms with E-state index in [1.807, 2.05) is 26.0 Å². The molecular weight excluding hydrogens is 330 g/mol. The molecule has 1 saturated heterocycles. The van der Waals surface area contributed by atoms with Crippen molar-refractivity contribution >= 4 is 23.5 Å². The van der Waals surface area contributed by atoms with Crippen LogP contribution in [-0.4, -0.2) is 73.5 Å². The van der Waals surface area contributed by atoms with Crippen LogP contribution in [0.4, 0.5) is 4.79 Å². The molecular formula is C17H24ClN3O3. The standard InChI is InChI=1S/C17H24ClN3O3/c1-12-9-14(10-13(2)16(12)18)24-11-15(22)20-5-7-21(8-6-20)17(23)19(3)4/h9-10H,5-8,11H2,1-4H3. The van der Waals surface area contributed by atoms with Crippen molar-refractivity contribution in [2.45, 2.75) is 13.8 Å². The molecule has 2 rings (SSSR count). The van der Waals surface area contributed by atoms with E-state index in [2.05, 4.69) is 0 Å². The second kappa shape index (κ2) is 7.75. The fourth-order valence-corrected chi connectivity index (χ4v) is 2.76. The SMILES string of the molecule is Cc1cc(OCC(=O)N2CCN(C(=O)N(C)C)CC2)cc(C)c1Cl. The van der Waals surface area contributed by atoms with Gasteiger partial charge in [0.15, 0.2) is 6.61 Å². The molecule has 1 heterocycles. The quantitative estimate of drug-likeness (QED) is 0.836. The van der Waals surface area contributed by atoms with Crippen molar-refractivity contribution in [2.75, 3.05) is 46.9 Å². The van der Waals surface area contributed by atoms with Gasteiger partial charge in [-0.2, -0.15) is 0 Å². The van der Waals surface area contributed by atoms with Crippen LogP contribution >= 0.6 is 11.6 Å². The Balaban J connectivity index is 1.85. The number of hydrogen-bond acceptors (Lipinski definition) is 3. The molecule has 0 aliphatic carbocycles. The average Bonchev–Trinajstić information content (AvgIpc) is 2.56. The van der Waals surface area contributed by atoms with Gasteiger partial charge in [0.1, 0.15) is 5.75 Å². The first-order valence-electron chi connectivity index (χ1n) is 7.93. The Morgan fingerprint density at radius 1 is 1.08 bits per heavy atom. The van der Waals surface area contributed by atoms with Gasteiger partial charge in [0.2, 0.25) is 0 Å². The van der Waals surface area contributed by atoms with Crippen molar-refractivity contribution in [3.05, 3.63) is 28.3 Å². The number of halogens is 1. The Hall–Kier alpha value is -1.95. The molecule has 3 amide bonds. The highest BCUT2D eigenvalue weighted by Crippen LogP contribution is 2.25. The summed E-state index contributed by atoms with van der Waals surface area (Å²) in [4.78, 5) is 29.2. The molecule has 6 nitrogen and oxygen atoms in total. The molecule has 0 N–H and O–H groups in total. The van der Waals surface area contributed by atoms with E-state index in [1.165, 1.54) is 0 Å². The predicted molar refractivity (Wildman–Crippen MR) is 93.7 cm³/mol. The number of nitrogens with zero attached hydrogens (tertiary/aromatic N) is 3. The molecule has 1 fully saturated rings. The highest BCUT2D eigenvalue weighted by molar-refractivity contribution is 6.32. The van der Waals surface area contributed by atoms with E-state index >= 15 is 0 Å². The lowest BCUT2D eigenvalue weighted by Gasteiger charge is -2.35. The third-order valence-electron chi connectivity index (χ3n) is 4.06. The van der Waals surface area contributed by atoms with E-state index < -0.39 is 0 Å². The first kappa shape index (κ1) is 18.4. The van der Waals surface area contributed by atoms with Crippen molar-refractivity contribution in [2.24, 2.45) is 0 Å². The highest BCUT2D eigenvalue weighted by atomic mass is 35.5. The Morgan fingerprint density at radius 3 is 2.08 bits per heavy atom. The number of carbonyl (C=O) groups is 2. The van der Waals surface area contributed by atoms with Gasteiger partial charge in [0, 0.05) is 45.3 Å². The summed E-state index contributed by atoms with van der Waals surface area (Å²) < 4.78 is 5.61. The van der Waals surface area contributed by atoms with Gasteiger partial charge in [-0.1, -0.05) is 11.6 Å². The number of aryl methyl sites for hydroxylation is 2. The Bertz CT molecular complexity index is 603. The van der Waals surface area contributed by atoms with Gasteiger partial charge in [0.05, 0.1) is 0 Å². The summed E-state index contributed by atoms with van der Waals surface area (Å²) in [5.74, 6) is 0.571. The van der Waals surface area contributed by atoms with Crippen LogP contribution in [0.25, 0.3) is 0 Å². The second-order valence-electron chi connectivity index (χ2n) is 6.20. The maximum Gasteiger partial charge on any atom is 0.319 e. The van der Waals surface area contributed by atoms with Crippen LogP contribution in [0.2, 0.25) is 5.02 Å². The molecule has 0 aromatic heterocycles. The summed E-state index contributed by atoms with van der Waals surface area (Å²) in [6.45, 7) is 5.95. The van der Waals surface area contributed by atoms with Crippen LogP contribution in [0, 0.1) is 13.8 Å². The summed E-state index contributed by atoms with van der Waals surface area (Å²) in [5.41, 5.74) is 1.85. The van der Waals surface area contributed by atoms with E-state index in [0.29, 0.717) is 31.9 Å². The van der Waals surface area contributed by atoms with Gasteiger partial charge in [-0.15, -0.1) is 0 Å². The zero-order valence-electron chi connectivity index (χ0n) is 14.6. The molecule has 0 radical (unpaired) electrons. The van der Waals surface area contributed by atoms with Crippen LogP contribution in [0.15, 0.2) is 12.1 Å². The molecule has 0 saturated carbocycles. The van der Waals surface area contributed by atoms with Gasteiger partial charge in [-0.3, -0.25) is 4.79 Å².